The Labute approximate surface area is 108 Å². The molecular weight excluding hydrogens is 249 g/mol. The minimum absolute atomic E-state index is 0.275. The number of hydrogen-bond acceptors (Lipinski definition) is 2. The van der Waals surface area contributed by atoms with Crippen molar-refractivity contribution in [2.75, 3.05) is 18.8 Å². The van der Waals surface area contributed by atoms with Gasteiger partial charge in [-0.3, -0.25) is 4.79 Å². The molecular formula is C13H18FNO2Si. The molecule has 0 fully saturated rings. The normalized spacial score (nSPS) is 11.1. The molecule has 0 saturated heterocycles. The van der Waals surface area contributed by atoms with Crippen LogP contribution in [0.2, 0.25) is 13.1 Å². The largest absolute Gasteiger partial charge is 0.341 e. The lowest BCUT2D eigenvalue weighted by molar-refractivity contribution is -0.122. The minimum atomic E-state index is -1.64. The van der Waals surface area contributed by atoms with Crippen molar-refractivity contribution in [3.8, 4) is 0 Å². The van der Waals surface area contributed by atoms with E-state index in [4.69, 9.17) is 0 Å². The van der Waals surface area contributed by atoms with Gasteiger partial charge >= 0.3 is 0 Å². The Bertz CT molecular complexity index is 435. The predicted molar refractivity (Wildman–Crippen MR) is 74.3 cm³/mol. The fourth-order valence-electron chi connectivity index (χ4n) is 1.44. The van der Waals surface area contributed by atoms with Gasteiger partial charge in [0.2, 0.25) is 5.91 Å². The topological polar surface area (TPSA) is 38.3 Å². The molecule has 0 aliphatic heterocycles. The number of carbonyl (C=O) groups is 1. The average molecular weight is 267 g/mol. The monoisotopic (exact) mass is 267 g/mol. The Hall–Kier alpha value is -1.46. The third-order valence-electron chi connectivity index (χ3n) is 2.71. The van der Waals surface area contributed by atoms with Crippen molar-refractivity contribution in [2.24, 2.45) is 0 Å². The Morgan fingerprint density at radius 2 is 2.28 bits per heavy atom. The van der Waals surface area contributed by atoms with Crippen molar-refractivity contribution in [1.29, 1.82) is 0 Å². The van der Waals surface area contributed by atoms with Gasteiger partial charge in [-0.15, -0.1) is 6.58 Å². The molecule has 0 radical (unpaired) electrons. The molecule has 0 spiro atoms. The third kappa shape index (κ3) is 4.08. The van der Waals surface area contributed by atoms with E-state index < -0.39 is 14.9 Å². The quantitative estimate of drug-likeness (QED) is 0.803. The fraction of sp³-hybridized carbons (Fsp3) is 0.308. The Balaban J connectivity index is 2.77. The number of benzene rings is 1. The first-order chi connectivity index (χ1) is 8.49. The van der Waals surface area contributed by atoms with Gasteiger partial charge in [0.05, 0.1) is 0 Å². The molecule has 0 saturated carbocycles. The zero-order valence-corrected chi connectivity index (χ0v) is 11.7. The molecule has 0 atom stereocenters. The summed E-state index contributed by atoms with van der Waals surface area (Å²) in [6, 6.07) is 7.65. The lowest BCUT2D eigenvalue weighted by Gasteiger charge is -2.18. The van der Waals surface area contributed by atoms with Crippen LogP contribution in [0.5, 0.6) is 0 Å². The SMILES string of the molecule is C=C[Si](C)(C)c1cccc(NC(=O)COCF)c1. The van der Waals surface area contributed by atoms with Gasteiger partial charge in [-0.2, -0.15) is 0 Å². The highest BCUT2D eigenvalue weighted by Gasteiger charge is 2.19. The summed E-state index contributed by atoms with van der Waals surface area (Å²) in [5, 5.41) is 3.85. The second-order valence-electron chi connectivity index (χ2n) is 4.51. The van der Waals surface area contributed by atoms with Crippen LogP contribution in [0.25, 0.3) is 0 Å². The highest BCUT2D eigenvalue weighted by Crippen LogP contribution is 2.10. The summed E-state index contributed by atoms with van der Waals surface area (Å²) in [4.78, 5) is 11.4. The van der Waals surface area contributed by atoms with E-state index >= 15 is 0 Å². The highest BCUT2D eigenvalue weighted by atomic mass is 28.3. The number of carbonyl (C=O) groups excluding carboxylic acids is 1. The zero-order chi connectivity index (χ0) is 13.6. The summed E-state index contributed by atoms with van der Waals surface area (Å²) in [5.74, 6) is -0.358. The maximum Gasteiger partial charge on any atom is 0.250 e. The van der Waals surface area contributed by atoms with E-state index in [-0.39, 0.29) is 12.5 Å². The third-order valence-corrected chi connectivity index (χ3v) is 5.53. The standard InChI is InChI=1S/C13H18FNO2Si/c1-4-18(2,3)12-7-5-6-11(8-12)15-13(16)9-17-10-14/h4-8H,1,9-10H2,2-3H3,(H,15,16). The van der Waals surface area contributed by atoms with Crippen LogP contribution >= 0.6 is 0 Å². The Kier molecular flexibility index (Phi) is 5.24. The van der Waals surface area contributed by atoms with Gasteiger partial charge in [-0.1, -0.05) is 36.1 Å². The van der Waals surface area contributed by atoms with Gasteiger partial charge in [-0.05, 0) is 12.1 Å². The first-order valence-electron chi connectivity index (χ1n) is 5.67. The second kappa shape index (κ2) is 6.46. The van der Waals surface area contributed by atoms with Gasteiger partial charge in [0, 0.05) is 5.69 Å². The number of ether oxygens (including phenoxy) is 1. The molecule has 1 aromatic carbocycles. The van der Waals surface area contributed by atoms with Crippen molar-refractivity contribution < 1.29 is 13.9 Å². The van der Waals surface area contributed by atoms with E-state index in [0.29, 0.717) is 5.69 Å². The number of hydrogen-bond donors (Lipinski definition) is 1. The molecule has 0 bridgehead atoms. The average Bonchev–Trinajstić information content (AvgIpc) is 2.36. The van der Waals surface area contributed by atoms with Crippen LogP contribution in [0.4, 0.5) is 10.1 Å². The van der Waals surface area contributed by atoms with Crippen molar-refractivity contribution in [2.45, 2.75) is 13.1 Å². The maximum atomic E-state index is 11.8. The summed E-state index contributed by atoms with van der Waals surface area (Å²) in [5.41, 5.74) is 2.68. The van der Waals surface area contributed by atoms with Gasteiger partial charge in [0.1, 0.15) is 14.7 Å². The predicted octanol–water partition coefficient (Wildman–Crippen LogP) is 2.21. The summed E-state index contributed by atoms with van der Waals surface area (Å²) < 4.78 is 16.2. The molecule has 5 heteroatoms. The van der Waals surface area contributed by atoms with Gasteiger partial charge in [0.25, 0.3) is 0 Å². The lowest BCUT2D eigenvalue weighted by Crippen LogP contribution is -2.39. The molecule has 98 valence electrons. The first-order valence-corrected chi connectivity index (χ1v) is 8.75. The molecule has 0 aliphatic carbocycles. The number of amides is 1. The number of nitrogens with one attached hydrogen (secondary N) is 1. The maximum absolute atomic E-state index is 11.8. The van der Waals surface area contributed by atoms with E-state index in [1.54, 1.807) is 6.07 Å². The van der Waals surface area contributed by atoms with Crippen LogP contribution in [-0.2, 0) is 9.53 Å². The lowest BCUT2D eigenvalue weighted by atomic mass is 10.3. The summed E-state index contributed by atoms with van der Waals surface area (Å²) in [7, 11) is -1.64. The Morgan fingerprint density at radius 1 is 1.56 bits per heavy atom. The molecule has 1 amide bonds. The van der Waals surface area contributed by atoms with Gasteiger partial charge in [0.15, 0.2) is 6.86 Å². The van der Waals surface area contributed by atoms with E-state index in [1.807, 2.05) is 23.9 Å². The molecule has 18 heavy (non-hydrogen) atoms. The van der Waals surface area contributed by atoms with Crippen LogP contribution in [-0.4, -0.2) is 27.4 Å². The van der Waals surface area contributed by atoms with E-state index in [1.165, 1.54) is 5.19 Å². The van der Waals surface area contributed by atoms with Gasteiger partial charge < -0.3 is 10.1 Å². The number of anilines is 1. The minimum Gasteiger partial charge on any atom is -0.341 e. The molecule has 0 unspecified atom stereocenters. The second-order valence-corrected chi connectivity index (χ2v) is 8.94. The van der Waals surface area contributed by atoms with Gasteiger partial charge in [-0.25, -0.2) is 4.39 Å². The molecule has 1 rings (SSSR count). The van der Waals surface area contributed by atoms with Crippen molar-refractivity contribution in [3.63, 3.8) is 0 Å². The smallest absolute Gasteiger partial charge is 0.250 e. The van der Waals surface area contributed by atoms with Crippen molar-refractivity contribution in [1.82, 2.24) is 0 Å². The fourth-order valence-corrected chi connectivity index (χ4v) is 2.73. The van der Waals surface area contributed by atoms with Crippen LogP contribution in [0.1, 0.15) is 0 Å². The summed E-state index contributed by atoms with van der Waals surface area (Å²) in [6.45, 7) is 6.97. The van der Waals surface area contributed by atoms with Crippen LogP contribution in [0, 0.1) is 0 Å². The zero-order valence-electron chi connectivity index (χ0n) is 10.7. The highest BCUT2D eigenvalue weighted by molar-refractivity contribution is 6.93. The first kappa shape index (κ1) is 14.6. The van der Waals surface area contributed by atoms with Crippen molar-refractivity contribution in [3.05, 3.63) is 36.5 Å². The molecule has 0 aromatic heterocycles. The number of halogens is 1. The molecule has 1 aromatic rings. The van der Waals surface area contributed by atoms with Crippen LogP contribution in [0.3, 0.4) is 0 Å². The number of alkyl halides is 1. The van der Waals surface area contributed by atoms with Crippen LogP contribution < -0.4 is 10.5 Å². The van der Waals surface area contributed by atoms with Crippen molar-refractivity contribution >= 4 is 24.9 Å². The van der Waals surface area contributed by atoms with E-state index in [0.717, 1.165) is 0 Å². The van der Waals surface area contributed by atoms with E-state index in [9.17, 15) is 9.18 Å². The molecule has 0 heterocycles. The Morgan fingerprint density at radius 3 is 2.89 bits per heavy atom. The summed E-state index contributed by atoms with van der Waals surface area (Å²) >= 11 is 0. The molecule has 1 N–H and O–H groups in total. The van der Waals surface area contributed by atoms with Crippen LogP contribution in [0.15, 0.2) is 36.5 Å². The van der Waals surface area contributed by atoms with E-state index in [2.05, 4.69) is 29.7 Å². The molecule has 3 nitrogen and oxygen atoms in total. The molecule has 0 aliphatic rings. The number of rotatable bonds is 6. The summed E-state index contributed by atoms with van der Waals surface area (Å²) in [6.07, 6.45) is 0.